The van der Waals surface area contributed by atoms with Crippen molar-refractivity contribution in [3.8, 4) is 28.7 Å². The van der Waals surface area contributed by atoms with Crippen molar-refractivity contribution < 1.29 is 18.9 Å². The average molecular weight is 416 g/mol. The van der Waals surface area contributed by atoms with E-state index in [0.29, 0.717) is 17.2 Å². The largest absolute Gasteiger partial charge is 0.497 e. The van der Waals surface area contributed by atoms with Crippen LogP contribution in [0.4, 0.5) is 11.4 Å². The number of aromatic nitrogens is 1. The van der Waals surface area contributed by atoms with Gasteiger partial charge < -0.3 is 24.3 Å². The molecule has 4 aromatic rings. The molecule has 0 saturated heterocycles. The molecule has 31 heavy (non-hydrogen) atoms. The summed E-state index contributed by atoms with van der Waals surface area (Å²) in [5.41, 5.74) is 3.66. The topological polar surface area (TPSA) is 61.8 Å². The number of nitrogens with one attached hydrogen (secondary N) is 1. The van der Waals surface area contributed by atoms with Gasteiger partial charge in [-0.05, 0) is 55.0 Å². The van der Waals surface area contributed by atoms with Crippen LogP contribution in [-0.4, -0.2) is 26.3 Å². The molecule has 0 radical (unpaired) electrons. The molecule has 1 N–H and O–H groups in total. The zero-order valence-corrected chi connectivity index (χ0v) is 17.9. The molecule has 0 aliphatic carbocycles. The monoisotopic (exact) mass is 416 g/mol. The lowest BCUT2D eigenvalue weighted by Gasteiger charge is -2.15. The number of fused-ring (bicyclic) bond motifs is 1. The molecular formula is C25H24N2O4. The Morgan fingerprint density at radius 1 is 0.677 bits per heavy atom. The molecular weight excluding hydrogens is 392 g/mol. The molecule has 1 aromatic heterocycles. The minimum absolute atomic E-state index is 0.625. The van der Waals surface area contributed by atoms with Crippen LogP contribution in [0, 0.1) is 6.92 Å². The van der Waals surface area contributed by atoms with E-state index in [2.05, 4.69) is 10.3 Å². The SMILES string of the molecule is COc1ccc(Nc2ccc(C)c(Oc3ccnc4cc(OC)c(OC)cc34)c2)cc1. The molecule has 0 fully saturated rings. The van der Waals surface area contributed by atoms with Crippen LogP contribution < -0.4 is 24.3 Å². The van der Waals surface area contributed by atoms with Crippen LogP contribution in [-0.2, 0) is 0 Å². The number of aryl methyl sites for hydroxylation is 1. The van der Waals surface area contributed by atoms with Gasteiger partial charge in [0.15, 0.2) is 11.5 Å². The Bertz CT molecular complexity index is 1210. The van der Waals surface area contributed by atoms with Gasteiger partial charge in [-0.25, -0.2) is 0 Å². The van der Waals surface area contributed by atoms with E-state index in [9.17, 15) is 0 Å². The van der Waals surface area contributed by atoms with Crippen molar-refractivity contribution >= 4 is 22.3 Å². The normalized spacial score (nSPS) is 10.6. The quantitative estimate of drug-likeness (QED) is 0.392. The Labute approximate surface area is 181 Å². The maximum atomic E-state index is 6.31. The van der Waals surface area contributed by atoms with Gasteiger partial charge in [-0.1, -0.05) is 6.07 Å². The van der Waals surface area contributed by atoms with Gasteiger partial charge in [-0.15, -0.1) is 0 Å². The van der Waals surface area contributed by atoms with Gasteiger partial charge in [-0.3, -0.25) is 4.98 Å². The summed E-state index contributed by atoms with van der Waals surface area (Å²) < 4.78 is 22.4. The van der Waals surface area contributed by atoms with Crippen molar-refractivity contribution in [2.45, 2.75) is 6.92 Å². The first-order valence-electron chi connectivity index (χ1n) is 9.81. The lowest BCUT2D eigenvalue weighted by Crippen LogP contribution is -1.95. The van der Waals surface area contributed by atoms with Crippen LogP contribution >= 0.6 is 0 Å². The van der Waals surface area contributed by atoms with Crippen LogP contribution in [0.2, 0.25) is 0 Å². The number of nitrogens with zero attached hydrogens (tertiary/aromatic N) is 1. The molecule has 0 unspecified atom stereocenters. The van der Waals surface area contributed by atoms with E-state index in [4.69, 9.17) is 18.9 Å². The summed E-state index contributed by atoms with van der Waals surface area (Å²) in [5, 5.41) is 4.24. The summed E-state index contributed by atoms with van der Waals surface area (Å²) >= 11 is 0. The first kappa shape index (κ1) is 20.3. The molecule has 0 amide bonds. The highest BCUT2D eigenvalue weighted by Crippen LogP contribution is 2.38. The van der Waals surface area contributed by atoms with Crippen molar-refractivity contribution in [1.29, 1.82) is 0 Å². The van der Waals surface area contributed by atoms with E-state index in [1.807, 2.05) is 67.6 Å². The maximum absolute atomic E-state index is 6.31. The second-order valence-corrected chi connectivity index (χ2v) is 6.97. The molecule has 6 nitrogen and oxygen atoms in total. The van der Waals surface area contributed by atoms with E-state index >= 15 is 0 Å². The molecule has 6 heteroatoms. The zero-order valence-electron chi connectivity index (χ0n) is 17.9. The van der Waals surface area contributed by atoms with Crippen molar-refractivity contribution in [2.75, 3.05) is 26.6 Å². The van der Waals surface area contributed by atoms with Crippen LogP contribution in [0.25, 0.3) is 10.9 Å². The zero-order chi connectivity index (χ0) is 21.8. The fourth-order valence-corrected chi connectivity index (χ4v) is 3.28. The summed E-state index contributed by atoms with van der Waals surface area (Å²) in [5.74, 6) is 3.51. The maximum Gasteiger partial charge on any atom is 0.162 e. The van der Waals surface area contributed by atoms with Crippen molar-refractivity contribution in [1.82, 2.24) is 4.98 Å². The van der Waals surface area contributed by atoms with Crippen LogP contribution in [0.15, 0.2) is 66.9 Å². The van der Waals surface area contributed by atoms with E-state index in [0.717, 1.165) is 39.3 Å². The smallest absolute Gasteiger partial charge is 0.162 e. The van der Waals surface area contributed by atoms with E-state index in [1.54, 1.807) is 27.5 Å². The lowest BCUT2D eigenvalue weighted by atomic mass is 10.1. The summed E-state index contributed by atoms with van der Waals surface area (Å²) in [6, 6.07) is 19.4. The number of hydrogen-bond acceptors (Lipinski definition) is 6. The van der Waals surface area contributed by atoms with Gasteiger partial charge in [0.2, 0.25) is 0 Å². The third-order valence-electron chi connectivity index (χ3n) is 4.99. The summed E-state index contributed by atoms with van der Waals surface area (Å²) in [6.45, 7) is 2.01. The molecule has 0 saturated carbocycles. The third kappa shape index (κ3) is 4.33. The fraction of sp³-hybridized carbons (Fsp3) is 0.160. The van der Waals surface area contributed by atoms with E-state index in [1.165, 1.54) is 0 Å². The second-order valence-electron chi connectivity index (χ2n) is 6.97. The van der Waals surface area contributed by atoms with E-state index in [-0.39, 0.29) is 0 Å². The molecule has 3 aromatic carbocycles. The van der Waals surface area contributed by atoms with Crippen LogP contribution in [0.1, 0.15) is 5.56 Å². The Kier molecular flexibility index (Phi) is 5.80. The molecule has 0 atom stereocenters. The van der Waals surface area contributed by atoms with Crippen molar-refractivity contribution in [3.63, 3.8) is 0 Å². The highest BCUT2D eigenvalue weighted by atomic mass is 16.5. The number of hydrogen-bond donors (Lipinski definition) is 1. The van der Waals surface area contributed by atoms with Gasteiger partial charge in [0, 0.05) is 35.1 Å². The van der Waals surface area contributed by atoms with E-state index < -0.39 is 0 Å². The summed E-state index contributed by atoms with van der Waals surface area (Å²) in [4.78, 5) is 4.44. The highest BCUT2D eigenvalue weighted by Gasteiger charge is 2.12. The number of rotatable bonds is 7. The number of benzene rings is 3. The highest BCUT2D eigenvalue weighted by molar-refractivity contribution is 5.88. The first-order valence-corrected chi connectivity index (χ1v) is 9.81. The Balaban J connectivity index is 1.65. The molecule has 158 valence electrons. The van der Waals surface area contributed by atoms with Gasteiger partial charge in [0.1, 0.15) is 17.2 Å². The van der Waals surface area contributed by atoms with Gasteiger partial charge in [0.25, 0.3) is 0 Å². The van der Waals surface area contributed by atoms with Gasteiger partial charge >= 0.3 is 0 Å². The van der Waals surface area contributed by atoms with Gasteiger partial charge in [0.05, 0.1) is 26.8 Å². The summed E-state index contributed by atoms with van der Waals surface area (Å²) in [7, 11) is 4.87. The number of methoxy groups -OCH3 is 3. The Hall–Kier alpha value is -3.93. The molecule has 0 aliphatic heterocycles. The predicted molar refractivity (Wildman–Crippen MR) is 122 cm³/mol. The van der Waals surface area contributed by atoms with Gasteiger partial charge in [-0.2, -0.15) is 0 Å². The number of pyridine rings is 1. The first-order chi connectivity index (χ1) is 15.1. The number of ether oxygens (including phenoxy) is 4. The lowest BCUT2D eigenvalue weighted by molar-refractivity contribution is 0.355. The Morgan fingerprint density at radius 3 is 2.10 bits per heavy atom. The standard InChI is InChI=1S/C25H24N2O4/c1-16-5-6-18(27-17-7-9-19(28-2)10-8-17)13-23(16)31-22-11-12-26-21-15-25(30-4)24(29-3)14-20(21)22/h5-15,27H,1-4H3. The van der Waals surface area contributed by atoms with Crippen LogP contribution in [0.5, 0.6) is 28.7 Å². The molecule has 0 bridgehead atoms. The third-order valence-corrected chi connectivity index (χ3v) is 4.99. The average Bonchev–Trinajstić information content (AvgIpc) is 2.81. The molecule has 1 heterocycles. The Morgan fingerprint density at radius 2 is 1.39 bits per heavy atom. The van der Waals surface area contributed by atoms with Crippen molar-refractivity contribution in [3.05, 3.63) is 72.4 Å². The minimum Gasteiger partial charge on any atom is -0.497 e. The second kappa shape index (κ2) is 8.83. The number of anilines is 2. The van der Waals surface area contributed by atoms with Crippen molar-refractivity contribution in [2.24, 2.45) is 0 Å². The fourth-order valence-electron chi connectivity index (χ4n) is 3.28. The molecule has 0 spiro atoms. The predicted octanol–water partition coefficient (Wildman–Crippen LogP) is 6.10. The molecule has 4 rings (SSSR count). The summed E-state index contributed by atoms with van der Waals surface area (Å²) in [6.07, 6.45) is 1.72. The molecule has 0 aliphatic rings. The minimum atomic E-state index is 0.625. The van der Waals surface area contributed by atoms with Crippen LogP contribution in [0.3, 0.4) is 0 Å².